The molecule has 0 saturated heterocycles. The van der Waals surface area contributed by atoms with Gasteiger partial charge in [-0.15, -0.1) is 0 Å². The van der Waals surface area contributed by atoms with Gasteiger partial charge in [-0.1, -0.05) is 40.2 Å². The van der Waals surface area contributed by atoms with E-state index in [1.807, 2.05) is 24.3 Å². The van der Waals surface area contributed by atoms with Crippen molar-refractivity contribution in [2.75, 3.05) is 0 Å². The fourth-order valence-corrected chi connectivity index (χ4v) is 6.71. The van der Waals surface area contributed by atoms with E-state index in [-0.39, 0.29) is 17.3 Å². The summed E-state index contributed by atoms with van der Waals surface area (Å²) < 4.78 is 2.57. The van der Waals surface area contributed by atoms with Crippen LogP contribution >= 0.6 is 15.9 Å². The van der Waals surface area contributed by atoms with Crippen LogP contribution in [0.15, 0.2) is 53.5 Å². The molecule has 29 heavy (non-hydrogen) atoms. The zero-order valence-electron chi connectivity index (χ0n) is 15.8. The normalized spacial score (nSPS) is 33.3. The number of aryl methyl sites for hydroxylation is 1. The fourth-order valence-electron chi connectivity index (χ4n) is 6.45. The average molecular weight is 456 g/mol. The summed E-state index contributed by atoms with van der Waals surface area (Å²) in [6.45, 7) is 0.432. The summed E-state index contributed by atoms with van der Waals surface area (Å²) in [4.78, 5) is 30.6. The first-order valence-corrected chi connectivity index (χ1v) is 10.6. The topological polar surface area (TPSA) is 117 Å². The Hall–Kier alpha value is -2.48. The van der Waals surface area contributed by atoms with E-state index in [2.05, 4.69) is 38.2 Å². The third-order valence-electron chi connectivity index (χ3n) is 7.59. The highest BCUT2D eigenvalue weighted by Crippen LogP contribution is 2.80. The molecule has 0 aliphatic heterocycles. The number of nitrogens with zero attached hydrogens (tertiary/aromatic N) is 3. The zero-order valence-corrected chi connectivity index (χ0v) is 17.4. The van der Waals surface area contributed by atoms with E-state index >= 15 is 0 Å². The van der Waals surface area contributed by atoms with E-state index in [9.17, 15) is 9.59 Å². The van der Waals surface area contributed by atoms with Crippen LogP contribution in [-0.2, 0) is 21.5 Å². The lowest BCUT2D eigenvalue weighted by atomic mass is 9.52. The maximum absolute atomic E-state index is 13.3. The molecule has 3 aliphatic rings. The number of rotatable bonds is 6. The number of halogens is 1. The summed E-state index contributed by atoms with van der Waals surface area (Å²) in [6.07, 6.45) is 9.58. The van der Waals surface area contributed by atoms with Crippen LogP contribution in [0.5, 0.6) is 0 Å². The third kappa shape index (κ3) is 2.12. The van der Waals surface area contributed by atoms with Crippen LogP contribution in [0.3, 0.4) is 0 Å². The summed E-state index contributed by atoms with van der Waals surface area (Å²) in [6, 6.07) is 7.57. The molecule has 4 N–H and O–H groups in total. The summed E-state index contributed by atoms with van der Waals surface area (Å²) in [7, 11) is 0. The van der Waals surface area contributed by atoms with E-state index in [0.717, 1.165) is 22.9 Å². The molecule has 8 heteroatoms. The minimum Gasteiger partial charge on any atom is -0.369 e. The van der Waals surface area contributed by atoms with Gasteiger partial charge in [0.1, 0.15) is 12.7 Å². The summed E-state index contributed by atoms with van der Waals surface area (Å²) >= 11 is 3.46. The van der Waals surface area contributed by atoms with Gasteiger partial charge in [-0.25, -0.2) is 4.98 Å². The third-order valence-corrected chi connectivity index (χ3v) is 8.12. The van der Waals surface area contributed by atoms with Gasteiger partial charge in [0, 0.05) is 16.9 Å². The van der Waals surface area contributed by atoms with Crippen molar-refractivity contribution in [3.63, 3.8) is 0 Å². The highest BCUT2D eigenvalue weighted by Gasteiger charge is 2.82. The Balaban J connectivity index is 1.75. The lowest BCUT2D eigenvalue weighted by Crippen LogP contribution is -2.62. The lowest BCUT2D eigenvalue weighted by molar-refractivity contribution is -0.144. The van der Waals surface area contributed by atoms with Gasteiger partial charge in [-0.2, -0.15) is 5.10 Å². The van der Waals surface area contributed by atoms with Crippen LogP contribution in [0.1, 0.15) is 24.8 Å². The van der Waals surface area contributed by atoms with Crippen molar-refractivity contribution in [1.29, 1.82) is 0 Å². The zero-order chi connectivity index (χ0) is 20.4. The van der Waals surface area contributed by atoms with Gasteiger partial charge in [-0.05, 0) is 48.3 Å². The standard InChI is InChI=1S/C21H22BrN5O2/c22-14-3-1-13(2-4-14)21(18(24)29)16-6-5-15(19(16)7-8-19)20(21,17(23)28)9-10-27-12-25-11-26-27/h1-6,11-12,15-16H,7-10H2,(H2,23,28)(H2,24,29)/t15-,16+,20+,21-/m1/s1. The van der Waals surface area contributed by atoms with Crippen LogP contribution in [0.2, 0.25) is 0 Å². The average Bonchev–Trinajstić information content (AvgIpc) is 3.06. The van der Waals surface area contributed by atoms with Crippen LogP contribution in [0.4, 0.5) is 0 Å². The number of hydrogen-bond donors (Lipinski definition) is 2. The molecule has 1 heterocycles. The molecule has 2 amide bonds. The molecule has 1 spiro atoms. The van der Waals surface area contributed by atoms with E-state index in [0.29, 0.717) is 13.0 Å². The molecule has 7 nitrogen and oxygen atoms in total. The van der Waals surface area contributed by atoms with Gasteiger partial charge in [0.05, 0.1) is 10.8 Å². The van der Waals surface area contributed by atoms with E-state index < -0.39 is 22.6 Å². The molecule has 2 fully saturated rings. The SMILES string of the molecule is NC(=O)[C@]1(CCn2cncn2)[C@@H]2C=C[C@@H](C23CC3)[C@@]1(C(N)=O)c1ccc(Br)cc1. The first-order valence-electron chi connectivity index (χ1n) is 9.76. The lowest BCUT2D eigenvalue weighted by Gasteiger charge is -2.48. The first-order chi connectivity index (χ1) is 13.9. The Morgan fingerprint density at radius 1 is 1.10 bits per heavy atom. The predicted molar refractivity (Wildman–Crippen MR) is 109 cm³/mol. The number of allylic oxidation sites excluding steroid dienone is 2. The van der Waals surface area contributed by atoms with Crippen molar-refractivity contribution in [3.8, 4) is 0 Å². The number of nitrogens with two attached hydrogens (primary N) is 2. The van der Waals surface area contributed by atoms with Gasteiger partial charge < -0.3 is 11.5 Å². The highest BCUT2D eigenvalue weighted by atomic mass is 79.9. The Morgan fingerprint density at radius 2 is 1.79 bits per heavy atom. The molecule has 0 unspecified atom stereocenters. The summed E-state index contributed by atoms with van der Waals surface area (Å²) in [5.41, 5.74) is 10.7. The number of primary amides is 2. The Morgan fingerprint density at radius 3 is 2.34 bits per heavy atom. The summed E-state index contributed by atoms with van der Waals surface area (Å²) in [5, 5.41) is 4.17. The van der Waals surface area contributed by atoms with Crippen LogP contribution in [0.25, 0.3) is 0 Å². The Bertz CT molecular complexity index is 1010. The van der Waals surface area contributed by atoms with E-state index in [4.69, 9.17) is 11.5 Å². The van der Waals surface area contributed by atoms with Crippen LogP contribution in [-0.4, -0.2) is 26.6 Å². The molecule has 2 aromatic rings. The Kier molecular flexibility index (Phi) is 3.84. The number of hydrogen-bond acceptors (Lipinski definition) is 4. The predicted octanol–water partition coefficient (Wildman–Crippen LogP) is 1.92. The molecule has 2 saturated carbocycles. The summed E-state index contributed by atoms with van der Waals surface area (Å²) in [5.74, 6) is -1.21. The van der Waals surface area contributed by atoms with Crippen molar-refractivity contribution in [2.45, 2.75) is 31.2 Å². The number of carbonyl (C=O) groups is 2. The smallest absolute Gasteiger partial charge is 0.229 e. The van der Waals surface area contributed by atoms with Crippen molar-refractivity contribution in [3.05, 3.63) is 59.1 Å². The van der Waals surface area contributed by atoms with Crippen molar-refractivity contribution in [2.24, 2.45) is 34.1 Å². The second-order valence-corrected chi connectivity index (χ2v) is 9.41. The number of benzene rings is 1. The van der Waals surface area contributed by atoms with Gasteiger partial charge in [0.25, 0.3) is 0 Å². The first kappa shape index (κ1) is 18.5. The van der Waals surface area contributed by atoms with Gasteiger partial charge in [0.15, 0.2) is 0 Å². The van der Waals surface area contributed by atoms with Crippen molar-refractivity contribution >= 4 is 27.7 Å². The quantitative estimate of drug-likeness (QED) is 0.646. The second kappa shape index (κ2) is 6.01. The van der Waals surface area contributed by atoms with E-state index in [1.165, 1.54) is 6.33 Å². The van der Waals surface area contributed by atoms with Crippen LogP contribution in [0, 0.1) is 22.7 Å². The molecule has 4 atom stereocenters. The maximum atomic E-state index is 13.3. The van der Waals surface area contributed by atoms with E-state index in [1.54, 1.807) is 11.0 Å². The molecule has 0 radical (unpaired) electrons. The Labute approximate surface area is 176 Å². The fraction of sp³-hybridized carbons (Fsp3) is 0.429. The number of aromatic nitrogens is 3. The molecule has 5 rings (SSSR count). The monoisotopic (exact) mass is 455 g/mol. The molecule has 3 aliphatic carbocycles. The molecular weight excluding hydrogens is 434 g/mol. The minimum atomic E-state index is -1.18. The molecule has 2 bridgehead atoms. The minimum absolute atomic E-state index is 0.112. The maximum Gasteiger partial charge on any atom is 0.229 e. The molecule has 1 aromatic heterocycles. The molecule has 150 valence electrons. The van der Waals surface area contributed by atoms with Crippen molar-refractivity contribution < 1.29 is 9.59 Å². The second-order valence-electron chi connectivity index (χ2n) is 8.50. The van der Waals surface area contributed by atoms with Gasteiger partial charge in [0.2, 0.25) is 11.8 Å². The van der Waals surface area contributed by atoms with Gasteiger partial charge in [-0.3, -0.25) is 14.3 Å². The molecular formula is C21H22BrN5O2. The number of amides is 2. The van der Waals surface area contributed by atoms with Crippen molar-refractivity contribution in [1.82, 2.24) is 14.8 Å². The molecule has 1 aromatic carbocycles. The van der Waals surface area contributed by atoms with Gasteiger partial charge >= 0.3 is 0 Å². The van der Waals surface area contributed by atoms with Crippen LogP contribution < -0.4 is 11.5 Å². The number of carbonyl (C=O) groups excluding carboxylic acids is 2. The highest BCUT2D eigenvalue weighted by molar-refractivity contribution is 9.10. The largest absolute Gasteiger partial charge is 0.369 e.